The molecule has 3 heterocycles. The van der Waals surface area contributed by atoms with E-state index in [-0.39, 0.29) is 17.6 Å². The lowest BCUT2D eigenvalue weighted by Crippen LogP contribution is -2.39. The van der Waals surface area contributed by atoms with Gasteiger partial charge in [0.05, 0.1) is 12.6 Å². The Hall–Kier alpha value is -3.52. The molecule has 1 N–H and O–H groups in total. The molecule has 6 rings (SSSR count). The molecule has 8 heteroatoms. The number of aromatic amines is 1. The second-order valence-electron chi connectivity index (χ2n) is 9.55. The Morgan fingerprint density at radius 2 is 1.94 bits per heavy atom. The number of H-pyrrole nitrogens is 1. The summed E-state index contributed by atoms with van der Waals surface area (Å²) in [6.07, 6.45) is 5.43. The Morgan fingerprint density at radius 1 is 1.11 bits per heavy atom. The smallest absolute Gasteiger partial charge is 0.253 e. The molecule has 1 aliphatic carbocycles. The van der Waals surface area contributed by atoms with Gasteiger partial charge >= 0.3 is 0 Å². The van der Waals surface area contributed by atoms with E-state index in [4.69, 9.17) is 4.74 Å². The number of aromatic nitrogens is 5. The number of benzene rings is 2. The molecule has 1 saturated carbocycles. The molecule has 1 atom stereocenters. The monoisotopic (exact) mass is 470 g/mol. The van der Waals surface area contributed by atoms with E-state index in [1.807, 2.05) is 35.9 Å². The summed E-state index contributed by atoms with van der Waals surface area (Å²) in [5.41, 5.74) is 4.01. The van der Waals surface area contributed by atoms with Gasteiger partial charge in [0.15, 0.2) is 5.82 Å². The Morgan fingerprint density at radius 3 is 2.77 bits per heavy atom. The first-order valence-corrected chi connectivity index (χ1v) is 12.6. The van der Waals surface area contributed by atoms with E-state index in [0.29, 0.717) is 12.2 Å². The number of rotatable bonds is 6. The predicted molar refractivity (Wildman–Crippen MR) is 133 cm³/mol. The lowest BCUT2D eigenvalue weighted by molar-refractivity contribution is 0.190. The highest BCUT2D eigenvalue weighted by atomic mass is 16.5. The zero-order valence-corrected chi connectivity index (χ0v) is 20.0. The largest absolute Gasteiger partial charge is 0.494 e. The summed E-state index contributed by atoms with van der Waals surface area (Å²) in [6, 6.07) is 16.3. The summed E-state index contributed by atoms with van der Waals surface area (Å²) < 4.78 is 7.70. The van der Waals surface area contributed by atoms with Gasteiger partial charge in [-0.25, -0.2) is 4.68 Å². The van der Waals surface area contributed by atoms with E-state index in [2.05, 4.69) is 49.7 Å². The quantitative estimate of drug-likeness (QED) is 0.455. The number of nitrogens with one attached hydrogen (secondary N) is 1. The van der Waals surface area contributed by atoms with Gasteiger partial charge in [-0.1, -0.05) is 37.1 Å². The molecule has 8 nitrogen and oxygen atoms in total. The van der Waals surface area contributed by atoms with Crippen molar-refractivity contribution < 1.29 is 4.74 Å². The van der Waals surface area contributed by atoms with Crippen molar-refractivity contribution in [3.8, 4) is 5.75 Å². The molecule has 0 amide bonds. The molecule has 1 aliphatic heterocycles. The van der Waals surface area contributed by atoms with Crippen molar-refractivity contribution in [2.75, 3.05) is 13.2 Å². The topological polar surface area (TPSA) is 88.9 Å². The van der Waals surface area contributed by atoms with E-state index in [9.17, 15) is 4.79 Å². The SMILES string of the molecule is CCOc1ccc2[nH]c(=O)c([C@@H](c3nnnn3C3CCCC3)N3CCc4ccccc4C3)cc2c1. The van der Waals surface area contributed by atoms with Crippen LogP contribution in [0.5, 0.6) is 5.75 Å². The van der Waals surface area contributed by atoms with E-state index in [1.165, 1.54) is 24.0 Å². The number of nitrogens with zero attached hydrogens (tertiary/aromatic N) is 5. The Labute approximate surface area is 203 Å². The number of fused-ring (bicyclic) bond motifs is 2. The van der Waals surface area contributed by atoms with Gasteiger partial charge in [0.25, 0.3) is 5.56 Å². The molecule has 1 fully saturated rings. The third kappa shape index (κ3) is 4.12. The van der Waals surface area contributed by atoms with E-state index >= 15 is 0 Å². The minimum absolute atomic E-state index is 0.105. The van der Waals surface area contributed by atoms with Crippen LogP contribution in [0.3, 0.4) is 0 Å². The highest BCUT2D eigenvalue weighted by Gasteiger charge is 2.34. The number of tetrazole rings is 1. The third-order valence-corrected chi connectivity index (χ3v) is 7.41. The fourth-order valence-electron chi connectivity index (χ4n) is 5.69. The number of hydrogen-bond donors (Lipinski definition) is 1. The van der Waals surface area contributed by atoms with Crippen molar-refractivity contribution in [2.24, 2.45) is 0 Å². The number of pyridine rings is 1. The molecule has 35 heavy (non-hydrogen) atoms. The minimum Gasteiger partial charge on any atom is -0.494 e. The van der Waals surface area contributed by atoms with Gasteiger partial charge in [-0.2, -0.15) is 0 Å². The van der Waals surface area contributed by atoms with Crippen LogP contribution in [0, 0.1) is 0 Å². The van der Waals surface area contributed by atoms with Crippen molar-refractivity contribution in [3.05, 3.63) is 81.4 Å². The van der Waals surface area contributed by atoms with Crippen molar-refractivity contribution >= 4 is 10.9 Å². The fraction of sp³-hybridized carbons (Fsp3) is 0.407. The van der Waals surface area contributed by atoms with Gasteiger partial charge in [-0.15, -0.1) is 5.10 Å². The Kier molecular flexibility index (Phi) is 5.82. The van der Waals surface area contributed by atoms with Crippen LogP contribution in [0.2, 0.25) is 0 Å². The van der Waals surface area contributed by atoms with Crippen LogP contribution in [0.15, 0.2) is 53.3 Å². The molecule has 2 aromatic heterocycles. The molecule has 0 unspecified atom stereocenters. The molecule has 0 radical (unpaired) electrons. The molecule has 0 saturated heterocycles. The molecular weight excluding hydrogens is 440 g/mol. The summed E-state index contributed by atoms with van der Waals surface area (Å²) in [5.74, 6) is 1.54. The van der Waals surface area contributed by atoms with Gasteiger partial charge in [0.2, 0.25) is 0 Å². The molecule has 0 bridgehead atoms. The van der Waals surface area contributed by atoms with Gasteiger partial charge in [0, 0.05) is 29.6 Å². The summed E-state index contributed by atoms with van der Waals surface area (Å²) in [5, 5.41) is 14.0. The van der Waals surface area contributed by atoms with Crippen LogP contribution in [-0.2, 0) is 13.0 Å². The highest BCUT2D eigenvalue weighted by molar-refractivity contribution is 5.80. The van der Waals surface area contributed by atoms with Gasteiger partial charge < -0.3 is 9.72 Å². The fourth-order valence-corrected chi connectivity index (χ4v) is 5.69. The van der Waals surface area contributed by atoms with Crippen LogP contribution in [0.25, 0.3) is 10.9 Å². The standard InChI is InChI=1S/C27H30N6O2/c1-2-35-22-11-12-24-20(15-22)16-23(27(34)28-24)25(26-29-30-31-33(26)21-9-5-6-10-21)32-14-13-18-7-3-4-8-19(18)17-32/h3-4,7-8,11-12,15-16,21,25H,2,5-6,9-10,13-14,17H2,1H3,(H,28,34)/t25-/m0/s1. The van der Waals surface area contributed by atoms with Crippen molar-refractivity contribution in [1.82, 2.24) is 30.1 Å². The van der Waals surface area contributed by atoms with Gasteiger partial charge in [-0.05, 0) is 72.0 Å². The summed E-state index contributed by atoms with van der Waals surface area (Å²) in [7, 11) is 0. The summed E-state index contributed by atoms with van der Waals surface area (Å²) in [6.45, 7) is 4.13. The maximum atomic E-state index is 13.5. The number of ether oxygens (including phenoxy) is 1. The van der Waals surface area contributed by atoms with Crippen molar-refractivity contribution in [3.63, 3.8) is 0 Å². The zero-order chi connectivity index (χ0) is 23.8. The number of hydrogen-bond acceptors (Lipinski definition) is 6. The first-order chi connectivity index (χ1) is 17.2. The zero-order valence-electron chi connectivity index (χ0n) is 20.0. The van der Waals surface area contributed by atoms with E-state index in [0.717, 1.165) is 54.8 Å². The van der Waals surface area contributed by atoms with E-state index < -0.39 is 0 Å². The second-order valence-corrected chi connectivity index (χ2v) is 9.55. The predicted octanol–water partition coefficient (Wildman–Crippen LogP) is 4.18. The first kappa shape index (κ1) is 22.0. The maximum absolute atomic E-state index is 13.5. The maximum Gasteiger partial charge on any atom is 0.253 e. The molecule has 2 aromatic carbocycles. The normalized spacial score (nSPS) is 17.5. The summed E-state index contributed by atoms with van der Waals surface area (Å²) in [4.78, 5) is 19.0. The molecule has 4 aromatic rings. The van der Waals surface area contributed by atoms with Crippen molar-refractivity contribution in [2.45, 2.75) is 57.7 Å². The average Bonchev–Trinajstić information content (AvgIpc) is 3.57. The van der Waals surface area contributed by atoms with Crippen LogP contribution < -0.4 is 10.3 Å². The van der Waals surface area contributed by atoms with Crippen LogP contribution in [0.4, 0.5) is 0 Å². The average molecular weight is 471 g/mol. The van der Waals surface area contributed by atoms with Crippen LogP contribution in [-0.4, -0.2) is 43.2 Å². The first-order valence-electron chi connectivity index (χ1n) is 12.6. The lowest BCUT2D eigenvalue weighted by Gasteiger charge is -2.35. The Bertz CT molecular complexity index is 1400. The summed E-state index contributed by atoms with van der Waals surface area (Å²) >= 11 is 0. The van der Waals surface area contributed by atoms with E-state index in [1.54, 1.807) is 0 Å². The Balaban J connectivity index is 1.49. The highest BCUT2D eigenvalue weighted by Crippen LogP contribution is 2.36. The van der Waals surface area contributed by atoms with Gasteiger partial charge in [0.1, 0.15) is 11.8 Å². The molecule has 180 valence electrons. The van der Waals surface area contributed by atoms with Crippen LogP contribution >= 0.6 is 0 Å². The molecule has 0 spiro atoms. The minimum atomic E-state index is -0.345. The molecular formula is C27H30N6O2. The lowest BCUT2D eigenvalue weighted by atomic mass is 9.95. The second kappa shape index (κ2) is 9.26. The van der Waals surface area contributed by atoms with Gasteiger partial charge in [-0.3, -0.25) is 9.69 Å². The van der Waals surface area contributed by atoms with Crippen molar-refractivity contribution in [1.29, 1.82) is 0 Å². The van der Waals surface area contributed by atoms with Crippen LogP contribution in [0.1, 0.15) is 67.2 Å². The molecule has 2 aliphatic rings. The third-order valence-electron chi connectivity index (χ3n) is 7.41.